The second-order valence-electron chi connectivity index (χ2n) is 7.15. The average molecular weight is 289 g/mol. The van der Waals surface area contributed by atoms with Crippen molar-refractivity contribution < 1.29 is 4.39 Å². The van der Waals surface area contributed by atoms with Crippen LogP contribution in [-0.2, 0) is 0 Å². The predicted molar refractivity (Wildman–Crippen MR) is 86.0 cm³/mol. The number of halogens is 1. The molecule has 2 saturated carbocycles. The largest absolute Gasteiger partial charge is 0.314 e. The van der Waals surface area contributed by atoms with Gasteiger partial charge in [0.25, 0.3) is 0 Å². The highest BCUT2D eigenvalue weighted by atomic mass is 19.1. The Bertz CT molecular complexity index is 480. The van der Waals surface area contributed by atoms with Crippen LogP contribution in [0.15, 0.2) is 18.2 Å². The van der Waals surface area contributed by atoms with Gasteiger partial charge in [-0.05, 0) is 74.1 Å². The molecule has 2 fully saturated rings. The Morgan fingerprint density at radius 2 is 2.00 bits per heavy atom. The topological polar surface area (TPSA) is 12.0 Å². The highest BCUT2D eigenvalue weighted by Crippen LogP contribution is 2.42. The summed E-state index contributed by atoms with van der Waals surface area (Å²) in [5.41, 5.74) is 1.98. The Labute approximate surface area is 128 Å². The fourth-order valence-corrected chi connectivity index (χ4v) is 3.79. The molecule has 1 nitrogen and oxygen atoms in total. The Hall–Kier alpha value is -0.890. The van der Waals surface area contributed by atoms with E-state index >= 15 is 0 Å². The quantitative estimate of drug-likeness (QED) is 0.821. The third kappa shape index (κ3) is 3.66. The van der Waals surface area contributed by atoms with Crippen molar-refractivity contribution >= 4 is 0 Å². The van der Waals surface area contributed by atoms with Gasteiger partial charge in [-0.1, -0.05) is 31.9 Å². The van der Waals surface area contributed by atoms with Gasteiger partial charge in [-0.2, -0.15) is 0 Å². The number of hydrogen-bond acceptors (Lipinski definition) is 1. The van der Waals surface area contributed by atoms with E-state index in [9.17, 15) is 4.39 Å². The maximum absolute atomic E-state index is 13.9. The number of aryl methyl sites for hydroxylation is 1. The van der Waals surface area contributed by atoms with Gasteiger partial charge in [-0.15, -0.1) is 0 Å². The molecule has 3 unspecified atom stereocenters. The summed E-state index contributed by atoms with van der Waals surface area (Å²) < 4.78 is 13.9. The van der Waals surface area contributed by atoms with Crippen LogP contribution in [0.2, 0.25) is 0 Å². The summed E-state index contributed by atoms with van der Waals surface area (Å²) in [5.74, 6) is 1.98. The SMILES string of the molecule is CCC1CCC(CNC2CC2)C(c2ccc(C)c(F)c2)C1. The maximum Gasteiger partial charge on any atom is 0.126 e. The van der Waals surface area contributed by atoms with Crippen molar-refractivity contribution in [2.75, 3.05) is 6.54 Å². The molecule has 0 amide bonds. The second kappa shape index (κ2) is 6.48. The fraction of sp³-hybridized carbons (Fsp3) is 0.684. The summed E-state index contributed by atoms with van der Waals surface area (Å²) in [7, 11) is 0. The van der Waals surface area contributed by atoms with Gasteiger partial charge in [0.15, 0.2) is 0 Å². The van der Waals surface area contributed by atoms with Crippen LogP contribution in [0.25, 0.3) is 0 Å². The van der Waals surface area contributed by atoms with Crippen molar-refractivity contribution in [3.05, 3.63) is 35.1 Å². The van der Waals surface area contributed by atoms with Crippen LogP contribution < -0.4 is 5.32 Å². The Morgan fingerprint density at radius 1 is 1.19 bits per heavy atom. The fourth-order valence-electron chi connectivity index (χ4n) is 3.79. The van der Waals surface area contributed by atoms with E-state index in [2.05, 4.69) is 18.3 Å². The molecule has 2 heteroatoms. The molecule has 0 aliphatic heterocycles. The first-order chi connectivity index (χ1) is 10.2. The van der Waals surface area contributed by atoms with Crippen LogP contribution in [0.1, 0.15) is 62.5 Å². The lowest BCUT2D eigenvalue weighted by molar-refractivity contribution is 0.225. The molecule has 0 radical (unpaired) electrons. The van der Waals surface area contributed by atoms with E-state index in [1.807, 2.05) is 13.0 Å². The van der Waals surface area contributed by atoms with E-state index in [-0.39, 0.29) is 5.82 Å². The number of rotatable bonds is 5. The molecule has 0 aromatic heterocycles. The zero-order valence-corrected chi connectivity index (χ0v) is 13.4. The van der Waals surface area contributed by atoms with Gasteiger partial charge in [-0.25, -0.2) is 4.39 Å². The predicted octanol–water partition coefficient (Wildman–Crippen LogP) is 4.80. The molecule has 0 heterocycles. The lowest BCUT2D eigenvalue weighted by Gasteiger charge is -2.36. The highest BCUT2D eigenvalue weighted by molar-refractivity contribution is 5.27. The molecule has 3 rings (SSSR count). The van der Waals surface area contributed by atoms with Crippen LogP contribution in [0.4, 0.5) is 4.39 Å². The molecular formula is C19H28FN. The van der Waals surface area contributed by atoms with Gasteiger partial charge >= 0.3 is 0 Å². The minimum Gasteiger partial charge on any atom is -0.314 e. The monoisotopic (exact) mass is 289 g/mol. The van der Waals surface area contributed by atoms with Crippen LogP contribution in [0, 0.1) is 24.6 Å². The Morgan fingerprint density at radius 3 is 2.67 bits per heavy atom. The second-order valence-corrected chi connectivity index (χ2v) is 7.15. The first-order valence-electron chi connectivity index (χ1n) is 8.66. The van der Waals surface area contributed by atoms with E-state index < -0.39 is 0 Å². The van der Waals surface area contributed by atoms with Gasteiger partial charge in [0, 0.05) is 6.04 Å². The molecule has 0 saturated heterocycles. The van der Waals surface area contributed by atoms with Gasteiger partial charge in [0.1, 0.15) is 5.82 Å². The van der Waals surface area contributed by atoms with E-state index in [0.29, 0.717) is 11.8 Å². The summed E-state index contributed by atoms with van der Waals surface area (Å²) in [6.07, 6.45) is 7.81. The number of benzene rings is 1. The lowest BCUT2D eigenvalue weighted by Crippen LogP contribution is -2.33. The van der Waals surface area contributed by atoms with Crippen molar-refractivity contribution in [3.8, 4) is 0 Å². The van der Waals surface area contributed by atoms with E-state index in [4.69, 9.17) is 0 Å². The molecule has 0 spiro atoms. The number of hydrogen-bond donors (Lipinski definition) is 1. The highest BCUT2D eigenvalue weighted by Gasteiger charge is 2.32. The van der Waals surface area contributed by atoms with Gasteiger partial charge in [0.05, 0.1) is 0 Å². The van der Waals surface area contributed by atoms with Crippen molar-refractivity contribution in [1.82, 2.24) is 5.32 Å². The third-order valence-electron chi connectivity index (χ3n) is 5.55. The Kier molecular flexibility index (Phi) is 4.63. The summed E-state index contributed by atoms with van der Waals surface area (Å²) in [5, 5.41) is 3.69. The van der Waals surface area contributed by atoms with Gasteiger partial charge < -0.3 is 5.32 Å². The lowest BCUT2D eigenvalue weighted by atomic mass is 9.70. The van der Waals surface area contributed by atoms with Crippen LogP contribution in [-0.4, -0.2) is 12.6 Å². The molecule has 1 N–H and O–H groups in total. The molecule has 1 aromatic carbocycles. The number of nitrogens with one attached hydrogen (secondary N) is 1. The maximum atomic E-state index is 13.9. The molecule has 3 atom stereocenters. The van der Waals surface area contributed by atoms with Gasteiger partial charge in [0.2, 0.25) is 0 Å². The standard InChI is InChI=1S/C19H28FN/c1-3-14-5-7-16(12-21-17-8-9-17)18(10-14)15-6-4-13(2)19(20)11-15/h4,6,11,14,16-18,21H,3,5,7-10,12H2,1-2H3. The average Bonchev–Trinajstić information content (AvgIpc) is 3.32. The normalized spacial score (nSPS) is 29.6. The van der Waals surface area contributed by atoms with E-state index in [0.717, 1.165) is 24.1 Å². The minimum absolute atomic E-state index is 0.0416. The molecule has 2 aliphatic carbocycles. The smallest absolute Gasteiger partial charge is 0.126 e. The zero-order chi connectivity index (χ0) is 14.8. The van der Waals surface area contributed by atoms with Crippen molar-refractivity contribution in [2.45, 2.75) is 64.3 Å². The first kappa shape index (κ1) is 15.0. The summed E-state index contributed by atoms with van der Waals surface area (Å²) in [4.78, 5) is 0. The summed E-state index contributed by atoms with van der Waals surface area (Å²) >= 11 is 0. The molecule has 2 aliphatic rings. The van der Waals surface area contributed by atoms with E-state index in [1.165, 1.54) is 44.1 Å². The minimum atomic E-state index is -0.0416. The molecule has 116 valence electrons. The Balaban J connectivity index is 1.75. The van der Waals surface area contributed by atoms with Crippen molar-refractivity contribution in [3.63, 3.8) is 0 Å². The molecule has 21 heavy (non-hydrogen) atoms. The summed E-state index contributed by atoms with van der Waals surface area (Å²) in [6, 6.07) is 6.67. The molecule has 1 aromatic rings. The first-order valence-corrected chi connectivity index (χ1v) is 8.66. The van der Waals surface area contributed by atoms with Crippen LogP contribution >= 0.6 is 0 Å². The van der Waals surface area contributed by atoms with Crippen LogP contribution in [0.3, 0.4) is 0 Å². The summed E-state index contributed by atoms with van der Waals surface area (Å²) in [6.45, 7) is 5.25. The molecule has 0 bridgehead atoms. The van der Waals surface area contributed by atoms with Crippen molar-refractivity contribution in [1.29, 1.82) is 0 Å². The van der Waals surface area contributed by atoms with Gasteiger partial charge in [-0.3, -0.25) is 0 Å². The molecular weight excluding hydrogens is 261 g/mol. The van der Waals surface area contributed by atoms with Crippen LogP contribution in [0.5, 0.6) is 0 Å². The zero-order valence-electron chi connectivity index (χ0n) is 13.4. The van der Waals surface area contributed by atoms with E-state index in [1.54, 1.807) is 6.07 Å². The third-order valence-corrected chi connectivity index (χ3v) is 5.55. The van der Waals surface area contributed by atoms with Crippen molar-refractivity contribution in [2.24, 2.45) is 11.8 Å².